The van der Waals surface area contributed by atoms with Crippen molar-refractivity contribution in [1.82, 2.24) is 9.55 Å². The maximum absolute atomic E-state index is 5.26. The van der Waals surface area contributed by atoms with Crippen LogP contribution in [0.5, 0.6) is 0 Å². The lowest BCUT2D eigenvalue weighted by Gasteiger charge is -2.14. The number of imidazole rings is 1. The molecule has 0 atom stereocenters. The molecule has 1 aromatic heterocycles. The van der Waals surface area contributed by atoms with Crippen LogP contribution in [-0.4, -0.2) is 9.55 Å². The first-order chi connectivity index (χ1) is 6.65. The lowest BCUT2D eigenvalue weighted by Crippen LogP contribution is -2.10. The quantitative estimate of drug-likeness (QED) is 0.755. The lowest BCUT2D eigenvalue weighted by atomic mass is 10.0. The van der Waals surface area contributed by atoms with Crippen LogP contribution in [0.3, 0.4) is 0 Å². The molecule has 0 aliphatic heterocycles. The van der Waals surface area contributed by atoms with E-state index in [0.29, 0.717) is 5.41 Å². The van der Waals surface area contributed by atoms with Gasteiger partial charge in [0, 0.05) is 18.4 Å². The molecule has 1 aromatic rings. The highest BCUT2D eigenvalue weighted by Crippen LogP contribution is 2.50. The summed E-state index contributed by atoms with van der Waals surface area (Å²) in [5.41, 5.74) is 1.75. The summed E-state index contributed by atoms with van der Waals surface area (Å²) in [6, 6.07) is 0. The Morgan fingerprint density at radius 1 is 1.57 bits per heavy atom. The minimum Gasteiger partial charge on any atom is -0.335 e. The van der Waals surface area contributed by atoms with Crippen molar-refractivity contribution in [2.45, 2.75) is 46.1 Å². The Morgan fingerprint density at radius 3 is 2.71 bits per heavy atom. The second-order valence-corrected chi connectivity index (χ2v) is 5.01. The van der Waals surface area contributed by atoms with Gasteiger partial charge in [0.05, 0.1) is 0 Å². The molecule has 0 amide bonds. The van der Waals surface area contributed by atoms with E-state index < -0.39 is 0 Å². The molecule has 1 aliphatic carbocycles. The smallest absolute Gasteiger partial charge is 0.177 e. The van der Waals surface area contributed by atoms with Crippen molar-refractivity contribution < 1.29 is 0 Å². The van der Waals surface area contributed by atoms with Gasteiger partial charge in [0.15, 0.2) is 4.77 Å². The zero-order chi connectivity index (χ0) is 10.2. The van der Waals surface area contributed by atoms with Crippen LogP contribution >= 0.6 is 12.2 Å². The van der Waals surface area contributed by atoms with Crippen LogP contribution in [0.4, 0.5) is 0 Å². The van der Waals surface area contributed by atoms with Gasteiger partial charge in [-0.2, -0.15) is 0 Å². The molecule has 0 saturated heterocycles. The summed E-state index contributed by atoms with van der Waals surface area (Å²) in [6.07, 6.45) is 7.54. The van der Waals surface area contributed by atoms with Gasteiger partial charge in [0.25, 0.3) is 0 Å². The fraction of sp³-hybridized carbons (Fsp3) is 0.727. The summed E-state index contributed by atoms with van der Waals surface area (Å²) in [5, 5.41) is 0. The lowest BCUT2D eigenvalue weighted by molar-refractivity contribution is 0.386. The summed E-state index contributed by atoms with van der Waals surface area (Å²) < 4.78 is 3.08. The van der Waals surface area contributed by atoms with E-state index in [1.807, 2.05) is 0 Å². The van der Waals surface area contributed by atoms with E-state index in [2.05, 4.69) is 29.6 Å². The number of nitrogens with zero attached hydrogens (tertiary/aromatic N) is 1. The molecule has 1 aliphatic rings. The minimum atomic E-state index is 0.585. The number of aryl methyl sites for hydroxylation is 1. The SMILES string of the molecule is CCCC1(Cn2cc(C)[nH]c2=S)CC1. The Labute approximate surface area is 90.3 Å². The Morgan fingerprint density at radius 2 is 2.29 bits per heavy atom. The number of aromatic amines is 1. The van der Waals surface area contributed by atoms with E-state index >= 15 is 0 Å². The van der Waals surface area contributed by atoms with E-state index in [-0.39, 0.29) is 0 Å². The zero-order valence-electron chi connectivity index (χ0n) is 8.97. The molecule has 2 nitrogen and oxygen atoms in total. The van der Waals surface area contributed by atoms with Crippen LogP contribution in [0.15, 0.2) is 6.20 Å². The normalized spacial score (nSPS) is 18.4. The molecule has 14 heavy (non-hydrogen) atoms. The van der Waals surface area contributed by atoms with Gasteiger partial charge in [-0.25, -0.2) is 0 Å². The summed E-state index contributed by atoms with van der Waals surface area (Å²) >= 11 is 5.26. The highest BCUT2D eigenvalue weighted by Gasteiger charge is 2.41. The van der Waals surface area contributed by atoms with Crippen LogP contribution in [0.2, 0.25) is 0 Å². The van der Waals surface area contributed by atoms with Crippen molar-refractivity contribution in [3.8, 4) is 0 Å². The molecule has 1 saturated carbocycles. The van der Waals surface area contributed by atoms with Crippen molar-refractivity contribution in [1.29, 1.82) is 0 Å². The molecule has 0 radical (unpaired) electrons. The van der Waals surface area contributed by atoms with E-state index in [1.54, 1.807) is 0 Å². The van der Waals surface area contributed by atoms with Gasteiger partial charge >= 0.3 is 0 Å². The average Bonchev–Trinajstić information content (AvgIpc) is 2.77. The Balaban J connectivity index is 2.11. The van der Waals surface area contributed by atoms with Crippen molar-refractivity contribution in [2.75, 3.05) is 0 Å². The number of nitrogens with one attached hydrogen (secondary N) is 1. The average molecular weight is 210 g/mol. The molecular weight excluding hydrogens is 192 g/mol. The Hall–Kier alpha value is -0.570. The highest BCUT2D eigenvalue weighted by atomic mass is 32.1. The van der Waals surface area contributed by atoms with E-state index in [4.69, 9.17) is 12.2 Å². The third kappa shape index (κ3) is 1.92. The van der Waals surface area contributed by atoms with Crippen molar-refractivity contribution in [3.05, 3.63) is 16.7 Å². The molecular formula is C11H18N2S. The molecule has 0 aromatic carbocycles. The topological polar surface area (TPSA) is 20.7 Å². The first kappa shape index (κ1) is 9.97. The molecule has 0 unspecified atom stereocenters. The van der Waals surface area contributed by atoms with Gasteiger partial charge in [-0.05, 0) is 43.8 Å². The van der Waals surface area contributed by atoms with E-state index in [9.17, 15) is 0 Å². The summed E-state index contributed by atoms with van der Waals surface area (Å²) in [4.78, 5) is 3.18. The third-order valence-electron chi connectivity index (χ3n) is 3.16. The molecule has 1 N–H and O–H groups in total. The van der Waals surface area contributed by atoms with E-state index in [1.165, 1.54) is 31.4 Å². The number of rotatable bonds is 4. The molecule has 1 heterocycles. The van der Waals surface area contributed by atoms with Gasteiger partial charge in [-0.1, -0.05) is 13.3 Å². The minimum absolute atomic E-state index is 0.585. The van der Waals surface area contributed by atoms with Gasteiger partial charge in [0.2, 0.25) is 0 Å². The maximum atomic E-state index is 5.26. The van der Waals surface area contributed by atoms with Crippen LogP contribution in [0.1, 0.15) is 38.3 Å². The number of hydrogen-bond donors (Lipinski definition) is 1. The van der Waals surface area contributed by atoms with Gasteiger partial charge < -0.3 is 9.55 Å². The molecule has 78 valence electrons. The number of hydrogen-bond acceptors (Lipinski definition) is 1. The van der Waals surface area contributed by atoms with Crippen molar-refractivity contribution in [2.24, 2.45) is 5.41 Å². The summed E-state index contributed by atoms with van der Waals surface area (Å²) in [5.74, 6) is 0. The number of aromatic nitrogens is 2. The summed E-state index contributed by atoms with van der Waals surface area (Å²) in [7, 11) is 0. The molecule has 0 bridgehead atoms. The first-order valence-corrected chi connectivity index (χ1v) is 5.82. The predicted molar refractivity (Wildman–Crippen MR) is 60.9 cm³/mol. The van der Waals surface area contributed by atoms with Crippen LogP contribution in [0.25, 0.3) is 0 Å². The predicted octanol–water partition coefficient (Wildman–Crippen LogP) is 3.43. The fourth-order valence-corrected chi connectivity index (χ4v) is 2.52. The van der Waals surface area contributed by atoms with Crippen molar-refractivity contribution in [3.63, 3.8) is 0 Å². The van der Waals surface area contributed by atoms with E-state index in [0.717, 1.165) is 11.3 Å². The second kappa shape index (κ2) is 3.54. The van der Waals surface area contributed by atoms with Gasteiger partial charge in [-0.3, -0.25) is 0 Å². The third-order valence-corrected chi connectivity index (χ3v) is 3.49. The standard InChI is InChI=1S/C11H18N2S/c1-3-4-11(5-6-11)8-13-7-9(2)12-10(13)14/h7H,3-6,8H2,1-2H3,(H,12,14). The fourth-order valence-electron chi connectivity index (χ4n) is 2.24. The van der Waals surface area contributed by atoms with Crippen LogP contribution in [-0.2, 0) is 6.54 Å². The molecule has 2 rings (SSSR count). The highest BCUT2D eigenvalue weighted by molar-refractivity contribution is 7.71. The van der Waals surface area contributed by atoms with Gasteiger partial charge in [0.1, 0.15) is 0 Å². The van der Waals surface area contributed by atoms with Crippen LogP contribution < -0.4 is 0 Å². The number of H-pyrrole nitrogens is 1. The summed E-state index contributed by atoms with van der Waals surface area (Å²) in [6.45, 7) is 5.44. The Kier molecular flexibility index (Phi) is 2.52. The molecule has 0 spiro atoms. The molecule has 1 fully saturated rings. The zero-order valence-corrected chi connectivity index (χ0v) is 9.78. The first-order valence-electron chi connectivity index (χ1n) is 5.41. The molecule has 3 heteroatoms. The monoisotopic (exact) mass is 210 g/mol. The largest absolute Gasteiger partial charge is 0.335 e. The Bertz CT molecular complexity index is 371. The second-order valence-electron chi connectivity index (χ2n) is 4.62. The van der Waals surface area contributed by atoms with Crippen molar-refractivity contribution >= 4 is 12.2 Å². The van der Waals surface area contributed by atoms with Crippen LogP contribution in [0, 0.1) is 17.1 Å². The maximum Gasteiger partial charge on any atom is 0.177 e. The van der Waals surface area contributed by atoms with Gasteiger partial charge in [-0.15, -0.1) is 0 Å².